The molecular weight excluding hydrogens is 496 g/mol. The van der Waals surface area contributed by atoms with Crippen molar-refractivity contribution >= 4 is 41.0 Å². The molecule has 1 aromatic carbocycles. The molecule has 0 bridgehead atoms. The Morgan fingerprint density at radius 1 is 1.24 bits per heavy atom. The molecule has 0 saturated carbocycles. The van der Waals surface area contributed by atoms with Gasteiger partial charge in [-0.25, -0.2) is 4.98 Å². The molecule has 0 amide bonds. The Morgan fingerprint density at radius 3 is 2.66 bits per heavy atom. The van der Waals surface area contributed by atoms with Gasteiger partial charge in [0.25, 0.3) is 0 Å². The summed E-state index contributed by atoms with van der Waals surface area (Å²) in [4.78, 5) is 10.3. The highest BCUT2D eigenvalue weighted by Crippen LogP contribution is 2.16. The zero-order valence-electron chi connectivity index (χ0n) is 17.1. The second kappa shape index (κ2) is 12.2. The molecule has 0 fully saturated rings. The molecule has 0 atom stereocenters. The van der Waals surface area contributed by atoms with E-state index in [-0.39, 0.29) is 30.5 Å². The fourth-order valence-corrected chi connectivity index (χ4v) is 2.99. The highest BCUT2D eigenvalue weighted by molar-refractivity contribution is 14.0. The van der Waals surface area contributed by atoms with Crippen LogP contribution in [0.4, 0.5) is 13.2 Å². The van der Waals surface area contributed by atoms with Gasteiger partial charge < -0.3 is 15.2 Å². The van der Waals surface area contributed by atoms with Crippen molar-refractivity contribution in [1.82, 2.24) is 25.1 Å². The number of benzene rings is 1. The number of fused-ring (bicyclic) bond motifs is 1. The quantitative estimate of drug-likeness (QED) is 0.228. The Hall–Kier alpha value is -1.56. The molecule has 0 unspecified atom stereocenters. The number of nitrogens with one attached hydrogen (secondary N) is 2. The first-order valence-electron chi connectivity index (χ1n) is 9.49. The van der Waals surface area contributed by atoms with Gasteiger partial charge >= 0.3 is 6.18 Å². The van der Waals surface area contributed by atoms with Gasteiger partial charge in [-0.05, 0) is 39.4 Å². The average Bonchev–Trinajstić information content (AvgIpc) is 2.92. The van der Waals surface area contributed by atoms with Gasteiger partial charge in [0.2, 0.25) is 0 Å². The van der Waals surface area contributed by atoms with E-state index >= 15 is 0 Å². The third-order valence-electron chi connectivity index (χ3n) is 4.23. The van der Waals surface area contributed by atoms with Crippen LogP contribution in [0.1, 0.15) is 19.2 Å². The molecule has 2 aromatic rings. The molecule has 6 nitrogen and oxygen atoms in total. The Labute approximate surface area is 187 Å². The van der Waals surface area contributed by atoms with Crippen LogP contribution in [0.5, 0.6) is 0 Å². The number of aryl methyl sites for hydroxylation is 2. The van der Waals surface area contributed by atoms with Crippen molar-refractivity contribution in [1.29, 1.82) is 0 Å². The molecule has 1 aromatic heterocycles. The van der Waals surface area contributed by atoms with E-state index in [2.05, 4.69) is 31.2 Å². The van der Waals surface area contributed by atoms with Gasteiger partial charge in [-0.1, -0.05) is 12.1 Å². The lowest BCUT2D eigenvalue weighted by Gasteiger charge is -2.19. The Morgan fingerprint density at radius 2 is 1.97 bits per heavy atom. The molecule has 2 rings (SSSR count). The minimum absolute atomic E-state index is 0. The van der Waals surface area contributed by atoms with E-state index < -0.39 is 12.7 Å². The number of hydrogen-bond acceptors (Lipinski definition) is 3. The predicted octanol–water partition coefficient (Wildman–Crippen LogP) is 3.40. The first-order chi connectivity index (χ1) is 13.3. The molecule has 0 aliphatic rings. The van der Waals surface area contributed by atoms with Crippen molar-refractivity contribution < 1.29 is 13.2 Å². The summed E-state index contributed by atoms with van der Waals surface area (Å²) in [6.07, 6.45) is -3.34. The first kappa shape index (κ1) is 25.5. The highest BCUT2D eigenvalue weighted by Gasteiger charge is 2.28. The van der Waals surface area contributed by atoms with Gasteiger partial charge in [0.05, 0.1) is 17.6 Å². The van der Waals surface area contributed by atoms with Crippen LogP contribution in [0.15, 0.2) is 29.3 Å². The SMILES string of the molecule is CCNC(=NCCCn1c(C)nc2ccccc21)NCCN(C)CC(F)(F)F.I. The summed E-state index contributed by atoms with van der Waals surface area (Å²) in [5.41, 5.74) is 2.10. The lowest BCUT2D eigenvalue weighted by molar-refractivity contribution is -0.142. The van der Waals surface area contributed by atoms with Crippen molar-refractivity contribution in [3.05, 3.63) is 30.1 Å². The standard InChI is InChI=1S/C19H29F3N6.HI/c1-4-23-18(25-11-13-27(3)14-19(20,21)22)24-10-7-12-28-15(2)26-16-8-5-6-9-17(16)28;/h5-6,8-9H,4,7,10-14H2,1-3H3,(H2,23,24,25);1H. The number of aliphatic imine (C=N–C) groups is 1. The minimum Gasteiger partial charge on any atom is -0.357 e. The van der Waals surface area contributed by atoms with Crippen LogP contribution in [0.3, 0.4) is 0 Å². The molecule has 164 valence electrons. The van der Waals surface area contributed by atoms with E-state index in [1.54, 1.807) is 0 Å². The molecule has 1 heterocycles. The number of guanidine groups is 1. The van der Waals surface area contributed by atoms with E-state index in [0.29, 0.717) is 25.6 Å². The number of nitrogens with zero attached hydrogens (tertiary/aromatic N) is 4. The highest BCUT2D eigenvalue weighted by atomic mass is 127. The molecule has 0 aliphatic carbocycles. The Kier molecular flexibility index (Phi) is 10.7. The van der Waals surface area contributed by atoms with Gasteiger partial charge in [-0.2, -0.15) is 13.2 Å². The summed E-state index contributed by atoms with van der Waals surface area (Å²) in [5.74, 6) is 1.60. The molecule has 2 N–H and O–H groups in total. The van der Waals surface area contributed by atoms with E-state index in [0.717, 1.165) is 29.8 Å². The number of likely N-dealkylation sites (N-methyl/N-ethyl adjacent to an activating group) is 1. The van der Waals surface area contributed by atoms with Crippen LogP contribution < -0.4 is 10.6 Å². The van der Waals surface area contributed by atoms with Crippen molar-refractivity contribution in [2.24, 2.45) is 4.99 Å². The van der Waals surface area contributed by atoms with Gasteiger partial charge in [0.1, 0.15) is 5.82 Å². The summed E-state index contributed by atoms with van der Waals surface area (Å²) >= 11 is 0. The molecule has 0 spiro atoms. The second-order valence-corrected chi connectivity index (χ2v) is 6.69. The number of para-hydroxylation sites is 2. The Balaban J connectivity index is 0.00000420. The van der Waals surface area contributed by atoms with E-state index in [4.69, 9.17) is 0 Å². The summed E-state index contributed by atoms with van der Waals surface area (Å²) in [5, 5.41) is 6.20. The van der Waals surface area contributed by atoms with Crippen molar-refractivity contribution in [3.8, 4) is 0 Å². The van der Waals surface area contributed by atoms with Crippen LogP contribution in [-0.4, -0.2) is 66.4 Å². The van der Waals surface area contributed by atoms with Crippen LogP contribution in [0, 0.1) is 6.92 Å². The van der Waals surface area contributed by atoms with Crippen LogP contribution in [0.2, 0.25) is 0 Å². The first-order valence-corrected chi connectivity index (χ1v) is 9.49. The van der Waals surface area contributed by atoms with E-state index in [1.165, 1.54) is 11.9 Å². The van der Waals surface area contributed by atoms with Gasteiger partial charge in [-0.3, -0.25) is 9.89 Å². The molecular formula is C19H30F3IN6. The van der Waals surface area contributed by atoms with Crippen molar-refractivity contribution in [2.75, 3.05) is 39.8 Å². The minimum atomic E-state index is -4.18. The number of hydrogen-bond donors (Lipinski definition) is 2. The van der Waals surface area contributed by atoms with Crippen LogP contribution >= 0.6 is 24.0 Å². The number of aromatic nitrogens is 2. The monoisotopic (exact) mass is 526 g/mol. The maximum atomic E-state index is 12.4. The number of alkyl halides is 3. The summed E-state index contributed by atoms with van der Waals surface area (Å²) < 4.78 is 39.2. The molecule has 0 saturated heterocycles. The average molecular weight is 526 g/mol. The number of rotatable bonds is 9. The molecule has 10 heteroatoms. The maximum absolute atomic E-state index is 12.4. The Bertz CT molecular complexity index is 775. The zero-order chi connectivity index (χ0) is 20.6. The maximum Gasteiger partial charge on any atom is 0.401 e. The topological polar surface area (TPSA) is 57.5 Å². The fraction of sp³-hybridized carbons (Fsp3) is 0.579. The van der Waals surface area contributed by atoms with Crippen LogP contribution in [-0.2, 0) is 6.54 Å². The lowest BCUT2D eigenvalue weighted by atomic mass is 10.3. The van der Waals surface area contributed by atoms with Crippen molar-refractivity contribution in [2.45, 2.75) is 33.0 Å². The molecule has 29 heavy (non-hydrogen) atoms. The third-order valence-corrected chi connectivity index (χ3v) is 4.23. The predicted molar refractivity (Wildman–Crippen MR) is 122 cm³/mol. The zero-order valence-corrected chi connectivity index (χ0v) is 19.4. The van der Waals surface area contributed by atoms with E-state index in [1.807, 2.05) is 32.0 Å². The van der Waals surface area contributed by atoms with Gasteiger partial charge in [-0.15, -0.1) is 24.0 Å². The molecule has 0 radical (unpaired) electrons. The largest absolute Gasteiger partial charge is 0.401 e. The van der Waals surface area contributed by atoms with E-state index in [9.17, 15) is 13.2 Å². The summed E-state index contributed by atoms with van der Waals surface area (Å²) in [6, 6.07) is 8.03. The number of imidazole rings is 1. The number of halogens is 4. The molecule has 0 aliphatic heterocycles. The second-order valence-electron chi connectivity index (χ2n) is 6.69. The third kappa shape index (κ3) is 8.77. The lowest BCUT2D eigenvalue weighted by Crippen LogP contribution is -2.42. The smallest absolute Gasteiger partial charge is 0.357 e. The van der Waals surface area contributed by atoms with Crippen LogP contribution in [0.25, 0.3) is 11.0 Å². The van der Waals surface area contributed by atoms with Gasteiger partial charge in [0, 0.05) is 32.7 Å². The fourth-order valence-electron chi connectivity index (χ4n) is 2.99. The van der Waals surface area contributed by atoms with Crippen molar-refractivity contribution in [3.63, 3.8) is 0 Å². The van der Waals surface area contributed by atoms with Gasteiger partial charge in [0.15, 0.2) is 5.96 Å². The normalized spacial score (nSPS) is 12.3. The summed E-state index contributed by atoms with van der Waals surface area (Å²) in [7, 11) is 1.46. The summed E-state index contributed by atoms with van der Waals surface area (Å²) in [6.45, 7) is 5.81.